The molecule has 1 fully saturated rings. The Labute approximate surface area is 117 Å². The molecular formula is C13H18N6O. The quantitative estimate of drug-likeness (QED) is 0.635. The molecule has 0 bridgehead atoms. The summed E-state index contributed by atoms with van der Waals surface area (Å²) in [5, 5.41) is 4.16. The Bertz CT molecular complexity index is 590. The average molecular weight is 274 g/mol. The van der Waals surface area contributed by atoms with Gasteiger partial charge in [-0.15, -0.1) is 0 Å². The molecule has 3 heterocycles. The Morgan fingerprint density at radius 1 is 1.50 bits per heavy atom. The minimum Gasteiger partial charge on any atom is -0.378 e. The van der Waals surface area contributed by atoms with Crippen LogP contribution in [0.25, 0.3) is 11.3 Å². The maximum atomic E-state index is 5.63. The van der Waals surface area contributed by atoms with Crippen LogP contribution in [0.5, 0.6) is 0 Å². The van der Waals surface area contributed by atoms with Crippen molar-refractivity contribution in [1.29, 1.82) is 0 Å². The van der Waals surface area contributed by atoms with Gasteiger partial charge in [-0.2, -0.15) is 5.10 Å². The molecule has 106 valence electrons. The van der Waals surface area contributed by atoms with Crippen LogP contribution in [0, 0.1) is 0 Å². The summed E-state index contributed by atoms with van der Waals surface area (Å²) in [6.07, 6.45) is 6.78. The van der Waals surface area contributed by atoms with E-state index in [9.17, 15) is 0 Å². The van der Waals surface area contributed by atoms with E-state index in [0.29, 0.717) is 12.2 Å². The van der Waals surface area contributed by atoms with E-state index in [1.165, 1.54) is 0 Å². The second-order valence-electron chi connectivity index (χ2n) is 4.94. The van der Waals surface area contributed by atoms with Crippen molar-refractivity contribution < 1.29 is 4.74 Å². The molecular weight excluding hydrogens is 256 g/mol. The summed E-state index contributed by atoms with van der Waals surface area (Å²) in [7, 11) is 1.88. The van der Waals surface area contributed by atoms with Gasteiger partial charge in [-0.3, -0.25) is 4.68 Å². The number of anilines is 1. The summed E-state index contributed by atoms with van der Waals surface area (Å²) in [6, 6.07) is 1.82. The number of hydrazine groups is 1. The minimum atomic E-state index is 0.213. The van der Waals surface area contributed by atoms with Crippen molar-refractivity contribution >= 4 is 5.82 Å². The first-order valence-corrected chi connectivity index (χ1v) is 6.70. The zero-order chi connectivity index (χ0) is 13.9. The van der Waals surface area contributed by atoms with Gasteiger partial charge in [0.15, 0.2) is 0 Å². The molecule has 0 spiro atoms. The van der Waals surface area contributed by atoms with Gasteiger partial charge >= 0.3 is 0 Å². The second-order valence-corrected chi connectivity index (χ2v) is 4.94. The largest absolute Gasteiger partial charge is 0.378 e. The van der Waals surface area contributed by atoms with E-state index in [1.807, 2.05) is 19.3 Å². The molecule has 0 aromatic carbocycles. The highest BCUT2D eigenvalue weighted by molar-refractivity contribution is 5.60. The third kappa shape index (κ3) is 2.78. The Morgan fingerprint density at radius 3 is 3.05 bits per heavy atom. The highest BCUT2D eigenvalue weighted by atomic mass is 16.5. The molecule has 7 heteroatoms. The van der Waals surface area contributed by atoms with Gasteiger partial charge in [0.1, 0.15) is 11.6 Å². The lowest BCUT2D eigenvalue weighted by atomic mass is 10.1. The van der Waals surface area contributed by atoms with Crippen molar-refractivity contribution in [2.45, 2.75) is 25.4 Å². The van der Waals surface area contributed by atoms with Crippen molar-refractivity contribution in [3.63, 3.8) is 0 Å². The number of nitrogen functional groups attached to an aromatic ring is 1. The van der Waals surface area contributed by atoms with E-state index in [4.69, 9.17) is 10.6 Å². The first kappa shape index (κ1) is 13.0. The van der Waals surface area contributed by atoms with Crippen LogP contribution in [0.15, 0.2) is 18.5 Å². The van der Waals surface area contributed by atoms with E-state index >= 15 is 0 Å². The molecule has 0 saturated carbocycles. The number of rotatable bonds is 4. The Hall–Kier alpha value is -1.99. The summed E-state index contributed by atoms with van der Waals surface area (Å²) in [5.41, 5.74) is 4.35. The SMILES string of the molecule is Cn1cc(-c2cc(NN)nc(CC3CCCO3)n2)cn1. The van der Waals surface area contributed by atoms with Crippen molar-refractivity contribution in [2.24, 2.45) is 12.9 Å². The van der Waals surface area contributed by atoms with Crippen LogP contribution < -0.4 is 11.3 Å². The zero-order valence-electron chi connectivity index (χ0n) is 11.4. The molecule has 2 aromatic rings. The second kappa shape index (κ2) is 5.56. The van der Waals surface area contributed by atoms with Crippen molar-refractivity contribution in [3.8, 4) is 11.3 Å². The lowest BCUT2D eigenvalue weighted by Gasteiger charge is -2.10. The molecule has 3 rings (SSSR count). The summed E-state index contributed by atoms with van der Waals surface area (Å²) in [6.45, 7) is 0.828. The van der Waals surface area contributed by atoms with Crippen LogP contribution in [-0.4, -0.2) is 32.5 Å². The van der Waals surface area contributed by atoms with Gasteiger partial charge in [0.05, 0.1) is 18.0 Å². The van der Waals surface area contributed by atoms with Crippen LogP contribution in [0.1, 0.15) is 18.7 Å². The molecule has 1 aliphatic heterocycles. The summed E-state index contributed by atoms with van der Waals surface area (Å²) in [4.78, 5) is 8.98. The summed E-state index contributed by atoms with van der Waals surface area (Å²) in [5.74, 6) is 6.83. The van der Waals surface area contributed by atoms with Gasteiger partial charge < -0.3 is 10.2 Å². The molecule has 1 saturated heterocycles. The number of aromatic nitrogens is 4. The molecule has 7 nitrogen and oxygen atoms in total. The Morgan fingerprint density at radius 2 is 2.40 bits per heavy atom. The van der Waals surface area contributed by atoms with Gasteiger partial charge in [-0.25, -0.2) is 15.8 Å². The number of nitrogens with two attached hydrogens (primary N) is 1. The molecule has 1 unspecified atom stereocenters. The van der Waals surface area contributed by atoms with Crippen LogP contribution in [-0.2, 0) is 18.2 Å². The van der Waals surface area contributed by atoms with E-state index in [0.717, 1.165) is 36.5 Å². The first-order chi connectivity index (χ1) is 9.74. The fourth-order valence-electron chi connectivity index (χ4n) is 2.37. The highest BCUT2D eigenvalue weighted by Gasteiger charge is 2.18. The lowest BCUT2D eigenvalue weighted by Crippen LogP contribution is -2.15. The van der Waals surface area contributed by atoms with E-state index in [2.05, 4.69) is 20.5 Å². The fraction of sp³-hybridized carbons (Fsp3) is 0.462. The van der Waals surface area contributed by atoms with Gasteiger partial charge in [0.2, 0.25) is 0 Å². The Balaban J connectivity index is 1.89. The maximum Gasteiger partial charge on any atom is 0.144 e. The Kier molecular flexibility index (Phi) is 3.62. The summed E-state index contributed by atoms with van der Waals surface area (Å²) < 4.78 is 7.37. The van der Waals surface area contributed by atoms with Gasteiger partial charge in [0, 0.05) is 37.9 Å². The maximum absolute atomic E-state index is 5.63. The average Bonchev–Trinajstić information content (AvgIpc) is 3.10. The number of hydrogen-bond donors (Lipinski definition) is 2. The molecule has 1 aliphatic rings. The monoisotopic (exact) mass is 274 g/mol. The molecule has 0 radical (unpaired) electrons. The number of ether oxygens (including phenoxy) is 1. The summed E-state index contributed by atoms with van der Waals surface area (Å²) >= 11 is 0. The molecule has 0 amide bonds. The highest BCUT2D eigenvalue weighted by Crippen LogP contribution is 2.21. The number of nitrogens with one attached hydrogen (secondary N) is 1. The van der Waals surface area contributed by atoms with Crippen molar-refractivity contribution in [2.75, 3.05) is 12.0 Å². The smallest absolute Gasteiger partial charge is 0.144 e. The molecule has 1 atom stereocenters. The predicted octanol–water partition coefficient (Wildman–Crippen LogP) is 0.884. The third-order valence-corrected chi connectivity index (χ3v) is 3.36. The molecule has 0 aliphatic carbocycles. The topological polar surface area (TPSA) is 90.9 Å². The fourth-order valence-corrected chi connectivity index (χ4v) is 2.37. The first-order valence-electron chi connectivity index (χ1n) is 6.70. The van der Waals surface area contributed by atoms with Gasteiger partial charge in [0.25, 0.3) is 0 Å². The third-order valence-electron chi connectivity index (χ3n) is 3.36. The van der Waals surface area contributed by atoms with E-state index in [-0.39, 0.29) is 6.10 Å². The zero-order valence-corrected chi connectivity index (χ0v) is 11.4. The van der Waals surface area contributed by atoms with Crippen LogP contribution >= 0.6 is 0 Å². The van der Waals surface area contributed by atoms with Crippen LogP contribution in [0.3, 0.4) is 0 Å². The van der Waals surface area contributed by atoms with Crippen molar-refractivity contribution in [3.05, 3.63) is 24.3 Å². The minimum absolute atomic E-state index is 0.213. The van der Waals surface area contributed by atoms with E-state index in [1.54, 1.807) is 10.9 Å². The normalized spacial score (nSPS) is 18.4. The lowest BCUT2D eigenvalue weighted by molar-refractivity contribution is 0.110. The number of nitrogens with zero attached hydrogens (tertiary/aromatic N) is 4. The van der Waals surface area contributed by atoms with E-state index < -0.39 is 0 Å². The van der Waals surface area contributed by atoms with Crippen LogP contribution in [0.2, 0.25) is 0 Å². The molecule has 20 heavy (non-hydrogen) atoms. The molecule has 3 N–H and O–H groups in total. The van der Waals surface area contributed by atoms with Gasteiger partial charge in [-0.05, 0) is 12.8 Å². The van der Waals surface area contributed by atoms with Crippen LogP contribution in [0.4, 0.5) is 5.82 Å². The van der Waals surface area contributed by atoms with Gasteiger partial charge in [-0.1, -0.05) is 0 Å². The number of aryl methyl sites for hydroxylation is 1. The predicted molar refractivity (Wildman–Crippen MR) is 74.7 cm³/mol. The number of hydrogen-bond acceptors (Lipinski definition) is 6. The standard InChI is InChI=1S/C13H18N6O/c1-19-8-9(7-15-19)11-6-13(18-14)17-12(16-11)5-10-3-2-4-20-10/h6-8,10H,2-5,14H2,1H3,(H,16,17,18). The molecule has 2 aromatic heterocycles. The van der Waals surface area contributed by atoms with Crippen molar-refractivity contribution in [1.82, 2.24) is 19.7 Å².